The van der Waals surface area contributed by atoms with Gasteiger partial charge < -0.3 is 14.1 Å². The number of rotatable bonds is 6. The number of furan rings is 1. The number of aryl methyl sites for hydroxylation is 1. The van der Waals surface area contributed by atoms with Crippen LogP contribution in [0, 0.1) is 5.82 Å². The summed E-state index contributed by atoms with van der Waals surface area (Å²) in [6, 6.07) is 11.3. The molecule has 1 aliphatic heterocycles. The lowest BCUT2D eigenvalue weighted by Crippen LogP contribution is -2.40. The number of aromatic nitrogens is 2. The Morgan fingerprint density at radius 3 is 2.97 bits per heavy atom. The van der Waals surface area contributed by atoms with Crippen molar-refractivity contribution in [3.63, 3.8) is 0 Å². The highest BCUT2D eigenvalue weighted by molar-refractivity contribution is 5.89. The first-order valence-corrected chi connectivity index (χ1v) is 9.58. The van der Waals surface area contributed by atoms with Crippen LogP contribution >= 0.6 is 0 Å². The highest BCUT2D eigenvalue weighted by Crippen LogP contribution is 2.22. The lowest BCUT2D eigenvalue weighted by molar-refractivity contribution is 0.0819. The number of urea groups is 1. The molecule has 1 aliphatic rings. The second-order valence-corrected chi connectivity index (χ2v) is 7.09. The third kappa shape index (κ3) is 4.65. The van der Waals surface area contributed by atoms with E-state index in [0.717, 1.165) is 18.4 Å². The standard InChI is InChI=1S/C21H23FN4O3/c1-25-20(12-18(24-25)19-8-4-10-29-19)23-21(27)26(14-17-7-3-9-28-17)13-15-5-2-6-16(22)11-15/h2,4-6,8,10-12,17H,3,7,9,13-14H2,1H3,(H,23,27)/t17-/m1/s1. The molecule has 0 spiro atoms. The maximum atomic E-state index is 13.6. The Hall–Kier alpha value is -3.13. The Morgan fingerprint density at radius 1 is 1.34 bits per heavy atom. The van der Waals surface area contributed by atoms with Crippen LogP contribution in [0.1, 0.15) is 18.4 Å². The molecule has 0 saturated carbocycles. The quantitative estimate of drug-likeness (QED) is 0.680. The van der Waals surface area contributed by atoms with Gasteiger partial charge in [-0.25, -0.2) is 9.18 Å². The number of amides is 2. The van der Waals surface area contributed by atoms with Gasteiger partial charge in [-0.3, -0.25) is 10.00 Å². The second-order valence-electron chi connectivity index (χ2n) is 7.09. The van der Waals surface area contributed by atoms with Gasteiger partial charge in [0.15, 0.2) is 5.76 Å². The van der Waals surface area contributed by atoms with Crippen LogP contribution in [0.5, 0.6) is 0 Å². The van der Waals surface area contributed by atoms with Gasteiger partial charge in [-0.1, -0.05) is 12.1 Å². The van der Waals surface area contributed by atoms with Gasteiger partial charge in [0.25, 0.3) is 0 Å². The number of carbonyl (C=O) groups is 1. The number of hydrogen-bond acceptors (Lipinski definition) is 4. The summed E-state index contributed by atoms with van der Waals surface area (Å²) < 4.78 is 26.2. The van der Waals surface area contributed by atoms with E-state index in [0.29, 0.717) is 30.4 Å². The smallest absolute Gasteiger partial charge is 0.323 e. The lowest BCUT2D eigenvalue weighted by Gasteiger charge is -2.26. The Kier molecular flexibility index (Phi) is 5.62. The van der Waals surface area contributed by atoms with Gasteiger partial charge in [0.05, 0.1) is 12.4 Å². The molecule has 0 aliphatic carbocycles. The summed E-state index contributed by atoms with van der Waals surface area (Å²) in [5.41, 5.74) is 1.35. The van der Waals surface area contributed by atoms with Crippen molar-refractivity contribution in [2.45, 2.75) is 25.5 Å². The SMILES string of the molecule is Cn1nc(-c2ccco2)cc1NC(=O)N(Cc1cccc(F)c1)C[C@H]1CCCO1. The zero-order valence-corrected chi connectivity index (χ0v) is 16.2. The average molecular weight is 398 g/mol. The summed E-state index contributed by atoms with van der Waals surface area (Å²) in [5, 5.41) is 7.28. The molecular weight excluding hydrogens is 375 g/mol. The number of nitrogens with one attached hydrogen (secondary N) is 1. The first-order valence-electron chi connectivity index (χ1n) is 9.58. The number of benzene rings is 1. The summed E-state index contributed by atoms with van der Waals surface area (Å²) in [7, 11) is 1.75. The van der Waals surface area contributed by atoms with Crippen LogP contribution < -0.4 is 5.32 Å². The van der Waals surface area contributed by atoms with Crippen molar-refractivity contribution in [2.24, 2.45) is 7.05 Å². The molecule has 1 aromatic carbocycles. The third-order valence-electron chi connectivity index (χ3n) is 4.89. The molecule has 3 aromatic rings. The van der Waals surface area contributed by atoms with Crippen molar-refractivity contribution >= 4 is 11.8 Å². The van der Waals surface area contributed by atoms with E-state index in [-0.39, 0.29) is 24.5 Å². The number of nitrogens with zero attached hydrogens (tertiary/aromatic N) is 3. The molecule has 1 atom stereocenters. The zero-order chi connectivity index (χ0) is 20.2. The van der Waals surface area contributed by atoms with E-state index >= 15 is 0 Å². The Morgan fingerprint density at radius 2 is 2.24 bits per heavy atom. The number of anilines is 1. The number of ether oxygens (including phenoxy) is 1. The van der Waals surface area contributed by atoms with Crippen molar-refractivity contribution in [1.29, 1.82) is 0 Å². The average Bonchev–Trinajstić information content (AvgIpc) is 3.44. The van der Waals surface area contributed by atoms with Crippen molar-refractivity contribution in [3.8, 4) is 11.5 Å². The molecule has 152 valence electrons. The molecule has 2 amide bonds. The van der Waals surface area contributed by atoms with Gasteiger partial charge in [0, 0.05) is 32.8 Å². The summed E-state index contributed by atoms with van der Waals surface area (Å²) >= 11 is 0. The van der Waals surface area contributed by atoms with Crippen molar-refractivity contribution in [2.75, 3.05) is 18.5 Å². The van der Waals surface area contributed by atoms with Gasteiger partial charge in [-0.05, 0) is 42.7 Å². The van der Waals surface area contributed by atoms with Gasteiger partial charge >= 0.3 is 6.03 Å². The zero-order valence-electron chi connectivity index (χ0n) is 16.2. The topological polar surface area (TPSA) is 72.5 Å². The van der Waals surface area contributed by atoms with E-state index in [1.165, 1.54) is 12.1 Å². The van der Waals surface area contributed by atoms with Crippen LogP contribution in [-0.2, 0) is 18.3 Å². The monoisotopic (exact) mass is 398 g/mol. The number of halogens is 1. The number of carbonyl (C=O) groups excluding carboxylic acids is 1. The number of hydrogen-bond donors (Lipinski definition) is 1. The van der Waals surface area contributed by atoms with Crippen LogP contribution in [0.15, 0.2) is 53.1 Å². The predicted octanol–water partition coefficient (Wildman–Crippen LogP) is 4.03. The fraction of sp³-hybridized carbons (Fsp3) is 0.333. The molecule has 2 aromatic heterocycles. The summed E-state index contributed by atoms with van der Waals surface area (Å²) in [6.07, 6.45) is 3.44. The summed E-state index contributed by atoms with van der Waals surface area (Å²) in [6.45, 7) is 1.42. The van der Waals surface area contributed by atoms with Crippen molar-refractivity contribution in [1.82, 2.24) is 14.7 Å². The van der Waals surface area contributed by atoms with Crippen LogP contribution in [0.4, 0.5) is 15.0 Å². The molecule has 3 heterocycles. The van der Waals surface area contributed by atoms with E-state index in [9.17, 15) is 9.18 Å². The molecular formula is C21H23FN4O3. The van der Waals surface area contributed by atoms with E-state index < -0.39 is 0 Å². The molecule has 0 unspecified atom stereocenters. The molecule has 1 N–H and O–H groups in total. The maximum Gasteiger partial charge on any atom is 0.323 e. The van der Waals surface area contributed by atoms with E-state index in [1.54, 1.807) is 47.2 Å². The fourth-order valence-electron chi connectivity index (χ4n) is 3.43. The lowest BCUT2D eigenvalue weighted by atomic mass is 10.2. The molecule has 0 bridgehead atoms. The molecule has 1 fully saturated rings. The van der Waals surface area contributed by atoms with Gasteiger partial charge in [0.1, 0.15) is 17.3 Å². The minimum Gasteiger partial charge on any atom is -0.463 e. The summed E-state index contributed by atoms with van der Waals surface area (Å²) in [4.78, 5) is 14.7. The van der Waals surface area contributed by atoms with E-state index in [4.69, 9.17) is 9.15 Å². The normalized spacial score (nSPS) is 16.1. The fourth-order valence-corrected chi connectivity index (χ4v) is 3.43. The predicted molar refractivity (Wildman–Crippen MR) is 106 cm³/mol. The second kappa shape index (κ2) is 8.48. The van der Waals surface area contributed by atoms with Crippen molar-refractivity contribution < 1.29 is 18.3 Å². The molecule has 0 radical (unpaired) electrons. The molecule has 29 heavy (non-hydrogen) atoms. The van der Waals surface area contributed by atoms with Crippen LogP contribution in [-0.4, -0.2) is 40.0 Å². The molecule has 1 saturated heterocycles. The van der Waals surface area contributed by atoms with Gasteiger partial charge in [-0.15, -0.1) is 0 Å². The molecule has 7 nitrogen and oxygen atoms in total. The summed E-state index contributed by atoms with van der Waals surface area (Å²) in [5.74, 6) is 0.838. The van der Waals surface area contributed by atoms with Gasteiger partial charge in [0.2, 0.25) is 0 Å². The Bertz CT molecular complexity index is 964. The van der Waals surface area contributed by atoms with Gasteiger partial charge in [-0.2, -0.15) is 5.10 Å². The first kappa shape index (κ1) is 19.2. The minimum atomic E-state index is -0.324. The largest absolute Gasteiger partial charge is 0.463 e. The Labute approximate surface area is 168 Å². The maximum absolute atomic E-state index is 13.6. The molecule has 8 heteroatoms. The van der Waals surface area contributed by atoms with Crippen LogP contribution in [0.25, 0.3) is 11.5 Å². The third-order valence-corrected chi connectivity index (χ3v) is 4.89. The van der Waals surface area contributed by atoms with Crippen molar-refractivity contribution in [3.05, 3.63) is 60.1 Å². The van der Waals surface area contributed by atoms with Crippen LogP contribution in [0.3, 0.4) is 0 Å². The van der Waals surface area contributed by atoms with Crippen LogP contribution in [0.2, 0.25) is 0 Å². The highest BCUT2D eigenvalue weighted by Gasteiger charge is 2.24. The first-order chi connectivity index (χ1) is 14.1. The minimum absolute atomic E-state index is 0.0143. The van der Waals surface area contributed by atoms with E-state index in [1.807, 2.05) is 6.07 Å². The van der Waals surface area contributed by atoms with E-state index in [2.05, 4.69) is 10.4 Å². The Balaban J connectivity index is 1.51. The highest BCUT2D eigenvalue weighted by atomic mass is 19.1. The molecule has 4 rings (SSSR count).